The van der Waals surface area contributed by atoms with Crippen LogP contribution in [0.3, 0.4) is 0 Å². The minimum Gasteiger partial charge on any atom is -0.389 e. The van der Waals surface area contributed by atoms with Gasteiger partial charge < -0.3 is 15.2 Å². The summed E-state index contributed by atoms with van der Waals surface area (Å²) in [7, 11) is 0. The molecule has 0 bridgehead atoms. The summed E-state index contributed by atoms with van der Waals surface area (Å²) in [5.74, 6) is 0. The summed E-state index contributed by atoms with van der Waals surface area (Å²) in [6.45, 7) is 5.60. The van der Waals surface area contributed by atoms with Gasteiger partial charge in [-0.25, -0.2) is 0 Å². The molecule has 0 radical (unpaired) electrons. The van der Waals surface area contributed by atoms with Crippen molar-refractivity contribution in [3.05, 3.63) is 71.3 Å². The maximum atomic E-state index is 10.0. The molecule has 0 fully saturated rings. The lowest BCUT2D eigenvalue weighted by atomic mass is 10.0. The van der Waals surface area contributed by atoms with Crippen LogP contribution in [0.15, 0.2) is 54.6 Å². The largest absolute Gasteiger partial charge is 0.389 e. The van der Waals surface area contributed by atoms with E-state index in [1.807, 2.05) is 42.5 Å². The second kappa shape index (κ2) is 8.69. The van der Waals surface area contributed by atoms with Crippen molar-refractivity contribution in [3.8, 4) is 0 Å². The van der Waals surface area contributed by atoms with Crippen LogP contribution in [-0.2, 0) is 11.3 Å². The lowest BCUT2D eigenvalue weighted by molar-refractivity contribution is 0.0278. The first-order valence-corrected chi connectivity index (χ1v) is 7.75. The molecule has 0 heterocycles. The molecule has 0 amide bonds. The van der Waals surface area contributed by atoms with E-state index in [4.69, 9.17) is 4.74 Å². The maximum Gasteiger partial charge on any atom is 0.0898 e. The van der Waals surface area contributed by atoms with E-state index in [1.165, 1.54) is 11.1 Å². The smallest absolute Gasteiger partial charge is 0.0898 e. The molecule has 3 heteroatoms. The molecule has 3 nitrogen and oxygen atoms in total. The predicted octanol–water partition coefficient (Wildman–Crippen LogP) is 3.22. The molecule has 0 saturated heterocycles. The van der Waals surface area contributed by atoms with Crippen molar-refractivity contribution < 1.29 is 9.84 Å². The Morgan fingerprint density at radius 2 is 1.73 bits per heavy atom. The fourth-order valence-electron chi connectivity index (χ4n) is 2.44. The standard InChI is InChI=1S/C19H25NO2/c1-15-8-6-7-11-19(15)16(2)20-12-18(21)14-22-13-17-9-4-3-5-10-17/h3-11,16,18,20-21H,12-14H2,1-2H3. The number of ether oxygens (including phenoxy) is 1. The lowest BCUT2D eigenvalue weighted by Gasteiger charge is -2.19. The monoisotopic (exact) mass is 299 g/mol. The van der Waals surface area contributed by atoms with Gasteiger partial charge in [-0.15, -0.1) is 0 Å². The Morgan fingerprint density at radius 1 is 1.05 bits per heavy atom. The van der Waals surface area contributed by atoms with E-state index in [2.05, 4.69) is 31.3 Å². The van der Waals surface area contributed by atoms with Crippen LogP contribution in [0, 0.1) is 6.92 Å². The summed E-state index contributed by atoms with van der Waals surface area (Å²) >= 11 is 0. The van der Waals surface area contributed by atoms with Crippen LogP contribution in [0.2, 0.25) is 0 Å². The van der Waals surface area contributed by atoms with Crippen LogP contribution in [0.4, 0.5) is 0 Å². The van der Waals surface area contributed by atoms with Gasteiger partial charge in [0, 0.05) is 12.6 Å². The highest BCUT2D eigenvalue weighted by Crippen LogP contribution is 2.16. The third-order valence-corrected chi connectivity index (χ3v) is 3.74. The minimum atomic E-state index is -0.504. The zero-order chi connectivity index (χ0) is 15.8. The summed E-state index contributed by atoms with van der Waals surface area (Å²) in [6, 6.07) is 18.5. The third kappa shape index (κ3) is 5.26. The Labute approximate surface area is 133 Å². The second-order valence-corrected chi connectivity index (χ2v) is 5.64. The fraction of sp³-hybridized carbons (Fsp3) is 0.368. The Morgan fingerprint density at radius 3 is 2.45 bits per heavy atom. The highest BCUT2D eigenvalue weighted by Gasteiger charge is 2.10. The number of benzene rings is 2. The van der Waals surface area contributed by atoms with E-state index < -0.39 is 6.10 Å². The Hall–Kier alpha value is -1.68. The molecule has 0 aliphatic rings. The molecule has 22 heavy (non-hydrogen) atoms. The van der Waals surface area contributed by atoms with E-state index in [1.54, 1.807) is 0 Å². The Bertz CT molecular complexity index is 556. The molecule has 2 unspecified atom stereocenters. The second-order valence-electron chi connectivity index (χ2n) is 5.64. The van der Waals surface area contributed by atoms with E-state index in [0.29, 0.717) is 19.8 Å². The first-order valence-electron chi connectivity index (χ1n) is 7.75. The van der Waals surface area contributed by atoms with Crippen molar-refractivity contribution in [2.24, 2.45) is 0 Å². The fourth-order valence-corrected chi connectivity index (χ4v) is 2.44. The number of aryl methyl sites for hydroxylation is 1. The van der Waals surface area contributed by atoms with Gasteiger partial charge in [0.25, 0.3) is 0 Å². The number of hydrogen-bond acceptors (Lipinski definition) is 3. The number of aliphatic hydroxyl groups is 1. The van der Waals surface area contributed by atoms with Crippen LogP contribution in [0.25, 0.3) is 0 Å². The van der Waals surface area contributed by atoms with Crippen LogP contribution >= 0.6 is 0 Å². The molecule has 0 aliphatic heterocycles. The van der Waals surface area contributed by atoms with Crippen molar-refractivity contribution in [2.45, 2.75) is 32.6 Å². The summed E-state index contributed by atoms with van der Waals surface area (Å²) in [4.78, 5) is 0. The van der Waals surface area contributed by atoms with Gasteiger partial charge in [0.1, 0.15) is 0 Å². The Kier molecular flexibility index (Phi) is 6.59. The zero-order valence-electron chi connectivity index (χ0n) is 13.3. The van der Waals surface area contributed by atoms with Crippen LogP contribution in [0.1, 0.15) is 29.7 Å². The lowest BCUT2D eigenvalue weighted by Crippen LogP contribution is -2.32. The predicted molar refractivity (Wildman–Crippen MR) is 89.7 cm³/mol. The quantitative estimate of drug-likeness (QED) is 0.786. The van der Waals surface area contributed by atoms with Crippen molar-refractivity contribution in [2.75, 3.05) is 13.2 Å². The zero-order valence-corrected chi connectivity index (χ0v) is 13.3. The molecule has 118 valence electrons. The summed E-state index contributed by atoms with van der Waals surface area (Å²) in [5, 5.41) is 13.4. The number of aliphatic hydroxyl groups excluding tert-OH is 1. The van der Waals surface area contributed by atoms with E-state index in [-0.39, 0.29) is 6.04 Å². The minimum absolute atomic E-state index is 0.213. The highest BCUT2D eigenvalue weighted by atomic mass is 16.5. The van der Waals surface area contributed by atoms with Gasteiger partial charge in [0.05, 0.1) is 19.3 Å². The van der Waals surface area contributed by atoms with Crippen LogP contribution in [-0.4, -0.2) is 24.4 Å². The van der Waals surface area contributed by atoms with Crippen molar-refractivity contribution in [1.82, 2.24) is 5.32 Å². The number of rotatable bonds is 8. The molecule has 2 aromatic carbocycles. The van der Waals surface area contributed by atoms with Crippen LogP contribution in [0.5, 0.6) is 0 Å². The first kappa shape index (κ1) is 16.7. The molecular weight excluding hydrogens is 274 g/mol. The molecule has 0 spiro atoms. The SMILES string of the molecule is Cc1ccccc1C(C)NCC(O)COCc1ccccc1. The van der Waals surface area contributed by atoms with Gasteiger partial charge in [-0.05, 0) is 30.5 Å². The Balaban J connectivity index is 1.69. The average Bonchev–Trinajstić information content (AvgIpc) is 2.54. The van der Waals surface area contributed by atoms with Gasteiger partial charge in [-0.1, -0.05) is 54.6 Å². The van der Waals surface area contributed by atoms with Crippen molar-refractivity contribution in [1.29, 1.82) is 0 Å². The van der Waals surface area contributed by atoms with Crippen molar-refractivity contribution in [3.63, 3.8) is 0 Å². The van der Waals surface area contributed by atoms with Crippen molar-refractivity contribution >= 4 is 0 Å². The number of nitrogens with one attached hydrogen (secondary N) is 1. The van der Waals surface area contributed by atoms with Crippen LogP contribution < -0.4 is 5.32 Å². The van der Waals surface area contributed by atoms with Gasteiger partial charge in [-0.3, -0.25) is 0 Å². The summed E-state index contributed by atoms with van der Waals surface area (Å²) in [5.41, 5.74) is 3.65. The maximum absolute atomic E-state index is 10.0. The molecule has 2 rings (SSSR count). The summed E-state index contributed by atoms with van der Waals surface area (Å²) < 4.78 is 5.55. The first-order chi connectivity index (χ1) is 10.7. The van der Waals surface area contributed by atoms with Gasteiger partial charge in [-0.2, -0.15) is 0 Å². The molecule has 0 aliphatic carbocycles. The normalized spacial score (nSPS) is 13.8. The van der Waals surface area contributed by atoms with Gasteiger partial charge in [0.15, 0.2) is 0 Å². The molecule has 2 aromatic rings. The van der Waals surface area contributed by atoms with E-state index in [9.17, 15) is 5.11 Å². The number of hydrogen-bond donors (Lipinski definition) is 2. The molecule has 0 aromatic heterocycles. The van der Waals surface area contributed by atoms with E-state index >= 15 is 0 Å². The topological polar surface area (TPSA) is 41.5 Å². The highest BCUT2D eigenvalue weighted by molar-refractivity contribution is 5.28. The summed E-state index contributed by atoms with van der Waals surface area (Å²) in [6.07, 6.45) is -0.504. The average molecular weight is 299 g/mol. The molecular formula is C19H25NO2. The molecule has 2 atom stereocenters. The molecule has 2 N–H and O–H groups in total. The molecule has 0 saturated carbocycles. The van der Waals surface area contributed by atoms with Gasteiger partial charge in [0.2, 0.25) is 0 Å². The van der Waals surface area contributed by atoms with E-state index in [0.717, 1.165) is 5.56 Å². The third-order valence-electron chi connectivity index (χ3n) is 3.74. The van der Waals surface area contributed by atoms with Gasteiger partial charge >= 0.3 is 0 Å².